The van der Waals surface area contributed by atoms with E-state index in [4.69, 9.17) is 0 Å². The summed E-state index contributed by atoms with van der Waals surface area (Å²) in [5.41, 5.74) is 4.42. The van der Waals surface area contributed by atoms with Gasteiger partial charge >= 0.3 is 0 Å². The topological polar surface area (TPSA) is 66.5 Å². The van der Waals surface area contributed by atoms with Crippen LogP contribution in [0.15, 0.2) is 48.5 Å². The van der Waals surface area contributed by atoms with Gasteiger partial charge in [-0.1, -0.05) is 48.5 Å². The molecule has 144 valence electrons. The molecule has 1 amide bonds. The van der Waals surface area contributed by atoms with Crippen LogP contribution in [0.3, 0.4) is 0 Å². The third-order valence-corrected chi connectivity index (χ3v) is 6.49. The van der Waals surface area contributed by atoms with E-state index >= 15 is 0 Å². The Bertz CT molecular complexity index is 926. The molecule has 27 heavy (non-hydrogen) atoms. The fraction of sp³-hybridized carbons (Fsp3) is 0.381. The maximum absolute atomic E-state index is 13.0. The molecule has 0 fully saturated rings. The zero-order valence-corrected chi connectivity index (χ0v) is 16.8. The Morgan fingerprint density at radius 1 is 1.04 bits per heavy atom. The van der Waals surface area contributed by atoms with Crippen LogP contribution in [0.25, 0.3) is 0 Å². The van der Waals surface area contributed by atoms with Crippen molar-refractivity contribution in [2.75, 3.05) is 13.3 Å². The first-order valence-electron chi connectivity index (χ1n) is 9.17. The molecule has 2 aromatic carbocycles. The minimum absolute atomic E-state index is 0.206. The minimum atomic E-state index is -3.53. The van der Waals surface area contributed by atoms with Crippen molar-refractivity contribution < 1.29 is 13.2 Å². The SMILES string of the molecule is C[C@@H](NC(=O)[C@H](c1ccccc1)N(C)S(C)(=O)=O)c1ccc2c(c1)CCC2. The van der Waals surface area contributed by atoms with Crippen molar-refractivity contribution in [3.8, 4) is 0 Å². The molecule has 0 heterocycles. The second-order valence-corrected chi connectivity index (χ2v) is 9.25. The largest absolute Gasteiger partial charge is 0.348 e. The molecule has 0 saturated heterocycles. The van der Waals surface area contributed by atoms with Gasteiger partial charge in [0.1, 0.15) is 6.04 Å². The van der Waals surface area contributed by atoms with E-state index in [0.717, 1.165) is 29.0 Å². The van der Waals surface area contributed by atoms with Crippen molar-refractivity contribution in [3.63, 3.8) is 0 Å². The predicted molar refractivity (Wildman–Crippen MR) is 107 cm³/mol. The summed E-state index contributed by atoms with van der Waals surface area (Å²) in [5, 5.41) is 2.99. The monoisotopic (exact) mass is 386 g/mol. The van der Waals surface area contributed by atoms with Crippen LogP contribution in [0.1, 0.15) is 47.7 Å². The van der Waals surface area contributed by atoms with Crippen LogP contribution < -0.4 is 5.32 Å². The number of nitrogens with one attached hydrogen (secondary N) is 1. The molecule has 0 saturated carbocycles. The molecule has 0 radical (unpaired) electrons. The molecule has 0 aromatic heterocycles. The van der Waals surface area contributed by atoms with Crippen molar-refractivity contribution in [1.82, 2.24) is 9.62 Å². The van der Waals surface area contributed by atoms with E-state index in [0.29, 0.717) is 5.56 Å². The van der Waals surface area contributed by atoms with E-state index in [9.17, 15) is 13.2 Å². The van der Waals surface area contributed by atoms with Gasteiger partial charge in [-0.25, -0.2) is 8.42 Å². The summed E-state index contributed by atoms with van der Waals surface area (Å²) in [4.78, 5) is 13.0. The van der Waals surface area contributed by atoms with E-state index in [2.05, 4.69) is 17.4 Å². The Labute approximate surface area is 161 Å². The highest BCUT2D eigenvalue weighted by Crippen LogP contribution is 2.27. The van der Waals surface area contributed by atoms with Crippen LogP contribution in [0.5, 0.6) is 0 Å². The second kappa shape index (κ2) is 7.82. The summed E-state index contributed by atoms with van der Waals surface area (Å²) in [6.07, 6.45) is 4.48. The molecule has 6 heteroatoms. The number of rotatable bonds is 6. The summed E-state index contributed by atoms with van der Waals surface area (Å²) < 4.78 is 25.3. The Morgan fingerprint density at radius 3 is 2.37 bits per heavy atom. The van der Waals surface area contributed by atoms with Crippen molar-refractivity contribution in [1.29, 1.82) is 0 Å². The van der Waals surface area contributed by atoms with E-state index < -0.39 is 16.1 Å². The average Bonchev–Trinajstić information content (AvgIpc) is 3.09. The first-order valence-corrected chi connectivity index (χ1v) is 11.0. The number of fused-ring (bicyclic) bond motifs is 1. The van der Waals surface area contributed by atoms with Crippen molar-refractivity contribution >= 4 is 15.9 Å². The average molecular weight is 387 g/mol. The number of amides is 1. The Balaban J connectivity index is 1.84. The number of nitrogens with zero attached hydrogens (tertiary/aromatic N) is 1. The zero-order chi connectivity index (χ0) is 19.6. The predicted octanol–water partition coefficient (Wildman–Crippen LogP) is 2.99. The molecule has 1 N–H and O–H groups in total. The lowest BCUT2D eigenvalue weighted by Gasteiger charge is -2.27. The third-order valence-electron chi connectivity index (χ3n) is 5.23. The van der Waals surface area contributed by atoms with Crippen LogP contribution in [0.2, 0.25) is 0 Å². The Kier molecular flexibility index (Phi) is 5.67. The number of hydrogen-bond donors (Lipinski definition) is 1. The highest BCUT2D eigenvalue weighted by atomic mass is 32.2. The van der Waals surface area contributed by atoms with Gasteiger partial charge in [0.15, 0.2) is 0 Å². The van der Waals surface area contributed by atoms with E-state index in [1.54, 1.807) is 24.3 Å². The van der Waals surface area contributed by atoms with Crippen molar-refractivity contribution in [2.24, 2.45) is 0 Å². The van der Waals surface area contributed by atoms with Crippen molar-refractivity contribution in [2.45, 2.75) is 38.3 Å². The van der Waals surface area contributed by atoms with E-state index in [1.165, 1.54) is 24.6 Å². The van der Waals surface area contributed by atoms with Crippen LogP contribution in [0.4, 0.5) is 0 Å². The number of carbonyl (C=O) groups is 1. The molecule has 3 rings (SSSR count). The van der Waals surface area contributed by atoms with Gasteiger partial charge < -0.3 is 5.32 Å². The number of sulfonamides is 1. The minimum Gasteiger partial charge on any atom is -0.348 e. The van der Waals surface area contributed by atoms with Crippen molar-refractivity contribution in [3.05, 3.63) is 70.8 Å². The number of carbonyl (C=O) groups excluding carboxylic acids is 1. The molecule has 0 unspecified atom stereocenters. The lowest BCUT2D eigenvalue weighted by Crippen LogP contribution is -2.42. The van der Waals surface area contributed by atoms with Crippen LogP contribution >= 0.6 is 0 Å². The summed E-state index contributed by atoms with van der Waals surface area (Å²) in [5.74, 6) is -0.331. The maximum Gasteiger partial charge on any atom is 0.243 e. The van der Waals surface area contributed by atoms with Gasteiger partial charge in [-0.2, -0.15) is 4.31 Å². The van der Waals surface area contributed by atoms with Gasteiger partial charge in [0, 0.05) is 7.05 Å². The lowest BCUT2D eigenvalue weighted by molar-refractivity contribution is -0.125. The van der Waals surface area contributed by atoms with Gasteiger partial charge in [0.05, 0.1) is 12.3 Å². The third kappa shape index (κ3) is 4.39. The zero-order valence-electron chi connectivity index (χ0n) is 16.0. The van der Waals surface area contributed by atoms with Gasteiger partial charge in [0.2, 0.25) is 15.9 Å². The van der Waals surface area contributed by atoms with Gasteiger partial charge in [-0.3, -0.25) is 4.79 Å². The van der Waals surface area contributed by atoms with Crippen LogP contribution in [-0.2, 0) is 27.7 Å². The number of benzene rings is 2. The maximum atomic E-state index is 13.0. The summed E-state index contributed by atoms with van der Waals surface area (Å²) in [6, 6.07) is 14.2. The quantitative estimate of drug-likeness (QED) is 0.830. The van der Waals surface area contributed by atoms with E-state index in [-0.39, 0.29) is 11.9 Å². The fourth-order valence-corrected chi connectivity index (χ4v) is 4.19. The van der Waals surface area contributed by atoms with Gasteiger partial charge in [0.25, 0.3) is 0 Å². The molecule has 0 bridgehead atoms. The van der Waals surface area contributed by atoms with Gasteiger partial charge in [-0.15, -0.1) is 0 Å². The molecule has 0 aliphatic heterocycles. The number of aryl methyl sites for hydroxylation is 2. The fourth-order valence-electron chi connectivity index (χ4n) is 3.59. The normalized spacial score (nSPS) is 16.0. The Hall–Kier alpha value is -2.18. The molecule has 2 atom stereocenters. The van der Waals surface area contributed by atoms with E-state index in [1.807, 2.05) is 19.1 Å². The highest BCUT2D eigenvalue weighted by Gasteiger charge is 2.31. The summed E-state index contributed by atoms with van der Waals surface area (Å²) in [6.45, 7) is 1.93. The first kappa shape index (κ1) is 19.6. The molecular weight excluding hydrogens is 360 g/mol. The first-order chi connectivity index (χ1) is 12.8. The standard InChI is InChI=1S/C21H26N2O3S/c1-15(18-13-12-16-10-7-11-19(16)14-18)22-21(24)20(23(2)27(3,25)26)17-8-5-4-6-9-17/h4-6,8-9,12-15,20H,7,10-11H2,1-3H3,(H,22,24)/t15-,20+/m1/s1. The molecular formula is C21H26N2O3S. The molecule has 2 aromatic rings. The lowest BCUT2D eigenvalue weighted by atomic mass is 10.0. The highest BCUT2D eigenvalue weighted by molar-refractivity contribution is 7.88. The second-order valence-electron chi connectivity index (χ2n) is 7.20. The summed E-state index contributed by atoms with van der Waals surface area (Å²) in [7, 11) is -2.09. The molecule has 1 aliphatic carbocycles. The van der Waals surface area contributed by atoms with Crippen LogP contribution in [0, 0.1) is 0 Å². The smallest absolute Gasteiger partial charge is 0.243 e. The Morgan fingerprint density at radius 2 is 1.70 bits per heavy atom. The molecule has 1 aliphatic rings. The molecule has 5 nitrogen and oxygen atoms in total. The summed E-state index contributed by atoms with van der Waals surface area (Å²) >= 11 is 0. The van der Waals surface area contributed by atoms with Crippen LogP contribution in [-0.4, -0.2) is 31.9 Å². The number of likely N-dealkylation sites (N-methyl/N-ethyl adjacent to an activating group) is 1. The number of hydrogen-bond acceptors (Lipinski definition) is 3. The van der Waals surface area contributed by atoms with Gasteiger partial charge in [-0.05, 0) is 48.4 Å². The molecule has 0 spiro atoms.